The summed E-state index contributed by atoms with van der Waals surface area (Å²) >= 11 is 12.1. The Balaban J connectivity index is 1.59. The monoisotopic (exact) mass is 525 g/mol. The summed E-state index contributed by atoms with van der Waals surface area (Å²) in [5, 5.41) is 9.49. The minimum absolute atomic E-state index is 0.0488. The fraction of sp³-hybridized carbons (Fsp3) is 0.640. The van der Waals surface area contributed by atoms with E-state index in [1.165, 1.54) is 6.42 Å². The third-order valence-corrected chi connectivity index (χ3v) is 7.63. The Bertz CT molecular complexity index is 909. The van der Waals surface area contributed by atoms with Gasteiger partial charge in [-0.05, 0) is 43.9 Å². The second kappa shape index (κ2) is 12.7. The van der Waals surface area contributed by atoms with Crippen LogP contribution in [0.15, 0.2) is 18.2 Å². The van der Waals surface area contributed by atoms with Crippen LogP contribution in [0.2, 0.25) is 10.0 Å². The minimum Gasteiger partial charge on any atom is -0.337 e. The predicted octanol–water partition coefficient (Wildman–Crippen LogP) is 5.10. The lowest BCUT2D eigenvalue weighted by atomic mass is 9.95. The maximum Gasteiger partial charge on any atom is 0.319 e. The molecular formula is C25H37Cl2N5O3. The van der Waals surface area contributed by atoms with Gasteiger partial charge in [0.1, 0.15) is 6.04 Å². The van der Waals surface area contributed by atoms with Gasteiger partial charge in [0.15, 0.2) is 0 Å². The van der Waals surface area contributed by atoms with E-state index in [-0.39, 0.29) is 29.9 Å². The van der Waals surface area contributed by atoms with Crippen LogP contribution in [0.4, 0.5) is 15.3 Å². The number of hydrogen-bond acceptors (Lipinski definition) is 3. The number of halogens is 2. The van der Waals surface area contributed by atoms with E-state index in [2.05, 4.69) is 16.0 Å². The van der Waals surface area contributed by atoms with E-state index in [0.717, 1.165) is 32.1 Å². The molecule has 1 saturated carbocycles. The van der Waals surface area contributed by atoms with Gasteiger partial charge in [0.25, 0.3) is 0 Å². The molecule has 1 aliphatic heterocycles. The summed E-state index contributed by atoms with van der Waals surface area (Å²) in [6, 6.07) is 3.67. The topological polar surface area (TPSA) is 93.8 Å². The third-order valence-electron chi connectivity index (χ3n) is 7.08. The summed E-state index contributed by atoms with van der Waals surface area (Å²) in [5.74, 6) is -0.215. The number of benzene rings is 1. The average molecular weight is 527 g/mol. The van der Waals surface area contributed by atoms with Crippen LogP contribution in [0.25, 0.3) is 0 Å². The van der Waals surface area contributed by atoms with Crippen molar-refractivity contribution >= 4 is 46.9 Å². The zero-order valence-electron chi connectivity index (χ0n) is 20.8. The van der Waals surface area contributed by atoms with Crippen molar-refractivity contribution in [2.24, 2.45) is 5.92 Å². The molecule has 0 radical (unpaired) electrons. The second-order valence-electron chi connectivity index (χ2n) is 9.70. The number of carbonyl (C=O) groups excluding carboxylic acids is 3. The van der Waals surface area contributed by atoms with E-state index < -0.39 is 12.1 Å². The molecule has 0 spiro atoms. The Labute approximate surface area is 218 Å². The second-order valence-corrected chi connectivity index (χ2v) is 10.5. The molecule has 1 saturated heterocycles. The van der Waals surface area contributed by atoms with Crippen molar-refractivity contribution < 1.29 is 14.4 Å². The average Bonchev–Trinajstić information content (AvgIpc) is 2.84. The Kier molecular flexibility index (Phi) is 9.92. The van der Waals surface area contributed by atoms with Crippen LogP contribution >= 0.6 is 23.2 Å². The van der Waals surface area contributed by atoms with Gasteiger partial charge in [-0.3, -0.25) is 4.79 Å². The van der Waals surface area contributed by atoms with E-state index in [9.17, 15) is 14.4 Å². The Morgan fingerprint density at radius 3 is 2.46 bits per heavy atom. The highest BCUT2D eigenvalue weighted by molar-refractivity contribution is 6.36. The molecule has 10 heteroatoms. The summed E-state index contributed by atoms with van der Waals surface area (Å²) in [4.78, 5) is 42.6. The first-order valence-electron chi connectivity index (χ1n) is 12.6. The molecule has 194 valence electrons. The normalized spacial score (nSPS) is 20.7. The molecule has 0 bridgehead atoms. The lowest BCUT2D eigenvalue weighted by Gasteiger charge is -2.42. The summed E-state index contributed by atoms with van der Waals surface area (Å²) in [7, 11) is 0. The fourth-order valence-corrected chi connectivity index (χ4v) is 5.19. The van der Waals surface area contributed by atoms with Gasteiger partial charge in [0.05, 0.1) is 10.7 Å². The molecule has 3 N–H and O–H groups in total. The largest absolute Gasteiger partial charge is 0.337 e. The molecule has 2 fully saturated rings. The van der Waals surface area contributed by atoms with Gasteiger partial charge >= 0.3 is 12.1 Å². The van der Waals surface area contributed by atoms with Crippen molar-refractivity contribution in [3.63, 3.8) is 0 Å². The van der Waals surface area contributed by atoms with Crippen molar-refractivity contribution in [2.45, 2.75) is 77.4 Å². The van der Waals surface area contributed by atoms with Gasteiger partial charge in [-0.2, -0.15) is 0 Å². The Morgan fingerprint density at radius 1 is 1.11 bits per heavy atom. The molecule has 5 amide bonds. The molecule has 35 heavy (non-hydrogen) atoms. The summed E-state index contributed by atoms with van der Waals surface area (Å²) in [5.41, 5.74) is 0.412. The highest BCUT2D eigenvalue weighted by Crippen LogP contribution is 2.25. The molecule has 1 aromatic carbocycles. The maximum absolute atomic E-state index is 13.5. The zero-order chi connectivity index (χ0) is 25.5. The zero-order valence-corrected chi connectivity index (χ0v) is 22.3. The highest BCUT2D eigenvalue weighted by Gasteiger charge is 2.35. The smallest absolute Gasteiger partial charge is 0.319 e. The molecule has 8 nitrogen and oxygen atoms in total. The first kappa shape index (κ1) is 27.4. The number of hydrogen-bond donors (Lipinski definition) is 3. The van der Waals surface area contributed by atoms with E-state index in [4.69, 9.17) is 23.2 Å². The van der Waals surface area contributed by atoms with Crippen molar-refractivity contribution in [3.05, 3.63) is 28.2 Å². The quantitative estimate of drug-likeness (QED) is 0.481. The van der Waals surface area contributed by atoms with Crippen LogP contribution in [-0.4, -0.2) is 65.5 Å². The van der Waals surface area contributed by atoms with Crippen LogP contribution in [0.1, 0.15) is 59.3 Å². The summed E-state index contributed by atoms with van der Waals surface area (Å²) < 4.78 is 0. The lowest BCUT2D eigenvalue weighted by molar-refractivity contribution is -0.136. The molecule has 1 aromatic rings. The molecule has 2 aliphatic rings. The Hall–Kier alpha value is -2.19. The maximum atomic E-state index is 13.5. The summed E-state index contributed by atoms with van der Waals surface area (Å²) in [6.07, 6.45) is 6.33. The SMILES string of the molecule is CCC(C)C(NC(=O)Nc1ccc(Cl)cc1Cl)C(=O)N1CCN(C(=O)NC2CCCCC2)C(C)C1. The summed E-state index contributed by atoms with van der Waals surface area (Å²) in [6.45, 7) is 7.20. The number of rotatable bonds is 6. The van der Waals surface area contributed by atoms with E-state index in [1.54, 1.807) is 23.1 Å². The van der Waals surface area contributed by atoms with E-state index >= 15 is 0 Å². The molecule has 3 rings (SSSR count). The number of nitrogens with one attached hydrogen (secondary N) is 3. The number of amides is 5. The first-order valence-corrected chi connectivity index (χ1v) is 13.3. The van der Waals surface area contributed by atoms with Crippen LogP contribution < -0.4 is 16.0 Å². The molecule has 1 aliphatic carbocycles. The molecular weight excluding hydrogens is 489 g/mol. The van der Waals surface area contributed by atoms with Crippen molar-refractivity contribution in [3.8, 4) is 0 Å². The van der Waals surface area contributed by atoms with Crippen molar-refractivity contribution in [1.82, 2.24) is 20.4 Å². The molecule has 3 unspecified atom stereocenters. The first-order chi connectivity index (χ1) is 16.7. The molecule has 3 atom stereocenters. The van der Waals surface area contributed by atoms with Crippen LogP contribution in [-0.2, 0) is 4.79 Å². The number of nitrogens with zero attached hydrogens (tertiary/aromatic N) is 2. The number of urea groups is 2. The van der Waals surface area contributed by atoms with Gasteiger partial charge < -0.3 is 25.8 Å². The number of piperazine rings is 1. The third kappa shape index (κ3) is 7.40. The van der Waals surface area contributed by atoms with E-state index in [1.807, 2.05) is 25.7 Å². The minimum atomic E-state index is -0.694. The van der Waals surface area contributed by atoms with Crippen molar-refractivity contribution in [2.75, 3.05) is 25.0 Å². The highest BCUT2D eigenvalue weighted by atomic mass is 35.5. The van der Waals surface area contributed by atoms with Crippen LogP contribution in [0.5, 0.6) is 0 Å². The lowest BCUT2D eigenvalue weighted by Crippen LogP contribution is -2.62. The fourth-order valence-electron chi connectivity index (χ4n) is 4.73. The standard InChI is InChI=1S/C25H37Cl2N5O3/c1-4-16(2)22(30-24(34)29-21-11-10-18(26)14-20(21)27)23(33)31-12-13-32(17(3)15-31)25(35)28-19-8-6-5-7-9-19/h10-11,14,16-17,19,22H,4-9,12-13,15H2,1-3H3,(H,28,35)(H2,29,30,34). The number of carbonyl (C=O) groups is 3. The van der Waals surface area contributed by atoms with Gasteiger partial charge in [-0.25, -0.2) is 9.59 Å². The van der Waals surface area contributed by atoms with Crippen LogP contribution in [0.3, 0.4) is 0 Å². The molecule has 0 aromatic heterocycles. The number of anilines is 1. The van der Waals surface area contributed by atoms with Gasteiger partial charge in [0, 0.05) is 36.7 Å². The van der Waals surface area contributed by atoms with Gasteiger partial charge in [0.2, 0.25) is 5.91 Å². The van der Waals surface area contributed by atoms with Crippen molar-refractivity contribution in [1.29, 1.82) is 0 Å². The predicted molar refractivity (Wildman–Crippen MR) is 140 cm³/mol. The van der Waals surface area contributed by atoms with Gasteiger partial charge in [-0.15, -0.1) is 0 Å². The van der Waals surface area contributed by atoms with E-state index in [0.29, 0.717) is 35.4 Å². The van der Waals surface area contributed by atoms with Gasteiger partial charge in [-0.1, -0.05) is 62.7 Å². The molecule has 1 heterocycles. The van der Waals surface area contributed by atoms with Crippen LogP contribution in [0, 0.1) is 5.92 Å². The Morgan fingerprint density at radius 2 is 1.83 bits per heavy atom.